The molecule has 5 heteroatoms. The summed E-state index contributed by atoms with van der Waals surface area (Å²) < 4.78 is 37.7. The van der Waals surface area contributed by atoms with Crippen LogP contribution >= 0.6 is 0 Å². The van der Waals surface area contributed by atoms with Gasteiger partial charge in [-0.3, -0.25) is 4.98 Å². The van der Waals surface area contributed by atoms with Crippen molar-refractivity contribution < 1.29 is 13.2 Å². The monoisotopic (exact) mass is 272 g/mol. The van der Waals surface area contributed by atoms with Crippen LogP contribution in [0.25, 0.3) is 0 Å². The van der Waals surface area contributed by atoms with Gasteiger partial charge in [-0.1, -0.05) is 6.07 Å². The topological polar surface area (TPSA) is 24.9 Å². The van der Waals surface area contributed by atoms with Crippen LogP contribution < -0.4 is 5.32 Å². The van der Waals surface area contributed by atoms with E-state index >= 15 is 0 Å². The van der Waals surface area contributed by atoms with Crippen LogP contribution in [0, 0.1) is 5.92 Å². The van der Waals surface area contributed by atoms with E-state index in [1.807, 2.05) is 25.1 Å². The zero-order valence-electron chi connectivity index (χ0n) is 11.0. The van der Waals surface area contributed by atoms with Gasteiger partial charge < -0.3 is 5.32 Å². The Hall–Kier alpha value is -1.10. The number of nitrogens with zero attached hydrogens (tertiary/aromatic N) is 1. The van der Waals surface area contributed by atoms with E-state index < -0.39 is 12.1 Å². The van der Waals surface area contributed by atoms with E-state index in [4.69, 9.17) is 0 Å². The van der Waals surface area contributed by atoms with Crippen LogP contribution in [0.5, 0.6) is 0 Å². The van der Waals surface area contributed by atoms with Crippen molar-refractivity contribution >= 4 is 0 Å². The van der Waals surface area contributed by atoms with Crippen molar-refractivity contribution in [2.24, 2.45) is 5.92 Å². The zero-order valence-corrected chi connectivity index (χ0v) is 11.0. The summed E-state index contributed by atoms with van der Waals surface area (Å²) in [6.07, 6.45) is -0.666. The molecule has 0 spiro atoms. The van der Waals surface area contributed by atoms with Crippen LogP contribution in [0.4, 0.5) is 13.2 Å². The van der Waals surface area contributed by atoms with Crippen LogP contribution in [0.3, 0.4) is 0 Å². The molecule has 1 heterocycles. The average Bonchev–Trinajstić information content (AvgIpc) is 2.39. The second kappa shape index (κ2) is 5.90. The second-order valence-corrected chi connectivity index (χ2v) is 5.23. The quantitative estimate of drug-likeness (QED) is 0.904. The first-order valence-corrected chi connectivity index (χ1v) is 6.70. The minimum absolute atomic E-state index is 0.0774. The van der Waals surface area contributed by atoms with Crippen molar-refractivity contribution in [3.63, 3.8) is 0 Å². The molecule has 1 N–H and O–H groups in total. The Labute approximate surface area is 111 Å². The lowest BCUT2D eigenvalue weighted by atomic mass is 9.85. The Kier molecular flexibility index (Phi) is 4.45. The lowest BCUT2D eigenvalue weighted by molar-refractivity contribution is -0.182. The molecule has 1 fully saturated rings. The molecule has 0 bridgehead atoms. The minimum Gasteiger partial charge on any atom is -0.306 e. The Morgan fingerprint density at radius 1 is 1.21 bits per heavy atom. The highest BCUT2D eigenvalue weighted by molar-refractivity contribution is 5.08. The van der Waals surface area contributed by atoms with Crippen LogP contribution in [0.1, 0.15) is 44.3 Å². The number of pyridine rings is 1. The summed E-state index contributed by atoms with van der Waals surface area (Å²) in [5.41, 5.74) is 0.931. The largest absolute Gasteiger partial charge is 0.391 e. The minimum atomic E-state index is -4.03. The maximum Gasteiger partial charge on any atom is 0.391 e. The van der Waals surface area contributed by atoms with Crippen LogP contribution in [-0.4, -0.2) is 17.2 Å². The summed E-state index contributed by atoms with van der Waals surface area (Å²) >= 11 is 0. The second-order valence-electron chi connectivity index (χ2n) is 5.23. The highest BCUT2D eigenvalue weighted by atomic mass is 19.4. The summed E-state index contributed by atoms with van der Waals surface area (Å²) in [5, 5.41) is 3.38. The molecule has 1 aliphatic carbocycles. The SMILES string of the molecule is C[C@@H](NC1CCC(C(F)(F)F)CC1)c1ccccn1. The Bertz CT molecular complexity index is 383. The molecule has 0 aliphatic heterocycles. The van der Waals surface area contributed by atoms with Crippen LogP contribution in [-0.2, 0) is 0 Å². The molecule has 0 aromatic carbocycles. The van der Waals surface area contributed by atoms with Crippen molar-refractivity contribution in [3.8, 4) is 0 Å². The fraction of sp³-hybridized carbons (Fsp3) is 0.643. The lowest BCUT2D eigenvalue weighted by Gasteiger charge is -2.32. The summed E-state index contributed by atoms with van der Waals surface area (Å²) in [5.74, 6) is -1.12. The molecule has 2 nitrogen and oxygen atoms in total. The molecule has 0 unspecified atom stereocenters. The standard InChI is InChI=1S/C14H19F3N2/c1-10(13-4-2-3-9-18-13)19-12-7-5-11(6-8-12)14(15,16)17/h2-4,9-12,19H,5-8H2,1H3/t10-,11?,12?/m1/s1. The van der Waals surface area contributed by atoms with Gasteiger partial charge in [0, 0.05) is 18.3 Å². The van der Waals surface area contributed by atoms with Gasteiger partial charge in [0.15, 0.2) is 0 Å². The van der Waals surface area contributed by atoms with Gasteiger partial charge in [-0.05, 0) is 44.7 Å². The smallest absolute Gasteiger partial charge is 0.306 e. The van der Waals surface area contributed by atoms with Crippen molar-refractivity contribution in [3.05, 3.63) is 30.1 Å². The van der Waals surface area contributed by atoms with E-state index in [1.54, 1.807) is 6.20 Å². The molecule has 1 aromatic rings. The van der Waals surface area contributed by atoms with E-state index in [0.29, 0.717) is 12.8 Å². The fourth-order valence-corrected chi connectivity index (χ4v) is 2.66. The maximum absolute atomic E-state index is 12.6. The molecule has 0 saturated heterocycles. The molecular formula is C14H19F3N2. The summed E-state index contributed by atoms with van der Waals surface area (Å²) in [7, 11) is 0. The molecule has 1 atom stereocenters. The predicted molar refractivity (Wildman–Crippen MR) is 67.6 cm³/mol. The molecule has 19 heavy (non-hydrogen) atoms. The highest BCUT2D eigenvalue weighted by Crippen LogP contribution is 2.37. The normalized spacial score (nSPS) is 26.1. The predicted octanol–water partition coefficient (Wildman–Crippen LogP) is 3.85. The highest BCUT2D eigenvalue weighted by Gasteiger charge is 2.41. The first kappa shape index (κ1) is 14.3. The van der Waals surface area contributed by atoms with Gasteiger partial charge in [0.25, 0.3) is 0 Å². The van der Waals surface area contributed by atoms with Gasteiger partial charge >= 0.3 is 6.18 Å². The number of hydrogen-bond acceptors (Lipinski definition) is 2. The van der Waals surface area contributed by atoms with E-state index in [-0.39, 0.29) is 24.9 Å². The average molecular weight is 272 g/mol. The van der Waals surface area contributed by atoms with Crippen molar-refractivity contribution in [1.29, 1.82) is 0 Å². The van der Waals surface area contributed by atoms with E-state index in [1.165, 1.54) is 0 Å². The van der Waals surface area contributed by atoms with Crippen molar-refractivity contribution in [2.75, 3.05) is 0 Å². The molecule has 0 amide bonds. The lowest BCUT2D eigenvalue weighted by Crippen LogP contribution is -2.38. The Morgan fingerprint density at radius 2 is 1.89 bits per heavy atom. The number of halogens is 3. The molecule has 1 saturated carbocycles. The van der Waals surface area contributed by atoms with Gasteiger partial charge in [-0.2, -0.15) is 13.2 Å². The maximum atomic E-state index is 12.6. The van der Waals surface area contributed by atoms with E-state index in [9.17, 15) is 13.2 Å². The van der Waals surface area contributed by atoms with E-state index in [0.717, 1.165) is 5.69 Å². The summed E-state index contributed by atoms with van der Waals surface area (Å²) in [4.78, 5) is 4.26. The zero-order chi connectivity index (χ0) is 13.9. The molecular weight excluding hydrogens is 253 g/mol. The van der Waals surface area contributed by atoms with Gasteiger partial charge in [-0.25, -0.2) is 0 Å². The third kappa shape index (κ3) is 3.93. The third-order valence-corrected chi connectivity index (χ3v) is 3.81. The number of nitrogens with one attached hydrogen (secondary N) is 1. The van der Waals surface area contributed by atoms with Crippen molar-refractivity contribution in [2.45, 2.75) is 50.9 Å². The fourth-order valence-electron chi connectivity index (χ4n) is 2.66. The van der Waals surface area contributed by atoms with Gasteiger partial charge in [-0.15, -0.1) is 0 Å². The first-order valence-electron chi connectivity index (χ1n) is 6.70. The summed E-state index contributed by atoms with van der Waals surface area (Å²) in [6.45, 7) is 2.00. The number of aromatic nitrogens is 1. The molecule has 1 aromatic heterocycles. The number of alkyl halides is 3. The van der Waals surface area contributed by atoms with Crippen molar-refractivity contribution in [1.82, 2.24) is 10.3 Å². The Morgan fingerprint density at radius 3 is 2.42 bits per heavy atom. The third-order valence-electron chi connectivity index (χ3n) is 3.81. The molecule has 2 rings (SSSR count). The molecule has 1 aliphatic rings. The molecule has 106 valence electrons. The Balaban J connectivity index is 1.83. The van der Waals surface area contributed by atoms with Crippen LogP contribution in [0.2, 0.25) is 0 Å². The van der Waals surface area contributed by atoms with Gasteiger partial charge in [0.2, 0.25) is 0 Å². The number of rotatable bonds is 3. The first-order chi connectivity index (χ1) is 8.97. The number of hydrogen-bond donors (Lipinski definition) is 1. The van der Waals surface area contributed by atoms with E-state index in [2.05, 4.69) is 10.3 Å². The molecule has 0 radical (unpaired) electrons. The van der Waals surface area contributed by atoms with Crippen LogP contribution in [0.15, 0.2) is 24.4 Å². The van der Waals surface area contributed by atoms with Gasteiger partial charge in [0.05, 0.1) is 11.6 Å². The summed E-state index contributed by atoms with van der Waals surface area (Å²) in [6, 6.07) is 5.94. The van der Waals surface area contributed by atoms with Gasteiger partial charge in [0.1, 0.15) is 0 Å².